The third-order valence-electron chi connectivity index (χ3n) is 10.6. The van der Waals surface area contributed by atoms with Gasteiger partial charge in [-0.25, -0.2) is 15.0 Å². The van der Waals surface area contributed by atoms with Gasteiger partial charge in [-0.1, -0.05) is 158 Å². The molecule has 0 aliphatic carbocycles. The largest absolute Gasteiger partial charge is 0.309 e. The minimum Gasteiger partial charge on any atom is -0.309 e. The van der Waals surface area contributed by atoms with Gasteiger partial charge in [-0.15, -0.1) is 11.3 Å². The van der Waals surface area contributed by atoms with Gasteiger partial charge in [0.05, 0.1) is 11.0 Å². The average molecular weight is 733 g/mol. The van der Waals surface area contributed by atoms with Gasteiger partial charge in [-0.05, 0) is 53.1 Å². The molecule has 0 fully saturated rings. The van der Waals surface area contributed by atoms with Crippen LogP contribution in [-0.2, 0) is 0 Å². The van der Waals surface area contributed by atoms with Crippen molar-refractivity contribution >= 4 is 53.3 Å². The maximum Gasteiger partial charge on any atom is 0.164 e. The van der Waals surface area contributed by atoms with Crippen molar-refractivity contribution in [3.8, 4) is 62.1 Å². The molecule has 4 nitrogen and oxygen atoms in total. The molecular weight excluding hydrogens is 701 g/mol. The zero-order valence-corrected chi connectivity index (χ0v) is 31.0. The lowest BCUT2D eigenvalue weighted by Gasteiger charge is -2.13. The number of fused-ring (bicyclic) bond motifs is 6. The molecule has 11 rings (SSSR count). The van der Waals surface area contributed by atoms with E-state index in [9.17, 15) is 0 Å². The molecule has 3 aromatic heterocycles. The van der Waals surface area contributed by atoms with Gasteiger partial charge < -0.3 is 4.57 Å². The van der Waals surface area contributed by atoms with Crippen molar-refractivity contribution in [3.63, 3.8) is 0 Å². The highest BCUT2D eigenvalue weighted by atomic mass is 32.1. The molecule has 56 heavy (non-hydrogen) atoms. The molecule has 0 amide bonds. The Balaban J connectivity index is 1.23. The van der Waals surface area contributed by atoms with Crippen LogP contribution in [-0.4, -0.2) is 19.5 Å². The molecule has 0 saturated heterocycles. The smallest absolute Gasteiger partial charge is 0.164 e. The predicted molar refractivity (Wildman–Crippen MR) is 234 cm³/mol. The summed E-state index contributed by atoms with van der Waals surface area (Å²) in [5.41, 5.74) is 10.9. The number of benzene rings is 8. The van der Waals surface area contributed by atoms with Gasteiger partial charge >= 0.3 is 0 Å². The standard InChI is InChI=1S/C51H32N4S/c1-5-16-33(17-6-1)36-28-29-39-40-25-15-26-41(48(40)56-46(39)32-36)43-30-37(31-45-47(43)42-24-13-14-27-44(42)55(45)38-22-11-4-12-23-38)51-53-49(34-18-7-2-8-19-34)52-50(54-51)35-20-9-3-10-21-35/h1-32H. The molecule has 0 aliphatic heterocycles. The minimum atomic E-state index is 0.627. The van der Waals surface area contributed by atoms with Crippen LogP contribution in [0.25, 0.3) is 104 Å². The quantitative estimate of drug-likeness (QED) is 0.171. The van der Waals surface area contributed by atoms with Crippen LogP contribution in [0.5, 0.6) is 0 Å². The first-order chi connectivity index (χ1) is 27.8. The van der Waals surface area contributed by atoms with Crippen LogP contribution >= 0.6 is 11.3 Å². The zero-order chi connectivity index (χ0) is 37.0. The van der Waals surface area contributed by atoms with Crippen LogP contribution < -0.4 is 0 Å². The Hall–Kier alpha value is -7.21. The SMILES string of the molecule is c1ccc(-c2ccc3c(c2)sc2c(-c4cc(-c5nc(-c6ccccc6)nc(-c6ccccc6)n5)cc5c4c4ccccc4n5-c4ccccc4)cccc23)cc1. The molecule has 5 heteroatoms. The molecule has 0 radical (unpaired) electrons. The van der Waals surface area contributed by atoms with Crippen LogP contribution in [0, 0.1) is 0 Å². The highest BCUT2D eigenvalue weighted by Gasteiger charge is 2.22. The van der Waals surface area contributed by atoms with Crippen molar-refractivity contribution in [1.82, 2.24) is 19.5 Å². The summed E-state index contributed by atoms with van der Waals surface area (Å²) in [5.74, 6) is 1.91. The van der Waals surface area contributed by atoms with Gasteiger partial charge in [0.15, 0.2) is 17.5 Å². The number of hydrogen-bond acceptors (Lipinski definition) is 4. The second-order valence-corrected chi connectivity index (χ2v) is 15.1. The normalized spacial score (nSPS) is 11.6. The summed E-state index contributed by atoms with van der Waals surface area (Å²) in [5, 5.41) is 4.92. The van der Waals surface area contributed by atoms with Gasteiger partial charge in [0.2, 0.25) is 0 Å². The summed E-state index contributed by atoms with van der Waals surface area (Å²) in [6, 6.07) is 68.6. The van der Waals surface area contributed by atoms with Crippen molar-refractivity contribution in [2.45, 2.75) is 0 Å². The lowest BCUT2D eigenvalue weighted by Crippen LogP contribution is -2.01. The Morgan fingerprint density at radius 1 is 0.357 bits per heavy atom. The first-order valence-corrected chi connectivity index (χ1v) is 19.6. The molecule has 0 aliphatic rings. The Morgan fingerprint density at radius 3 is 1.61 bits per heavy atom. The molecule has 0 atom stereocenters. The molecule has 0 spiro atoms. The summed E-state index contributed by atoms with van der Waals surface area (Å²) < 4.78 is 4.91. The number of aromatic nitrogens is 4. The van der Waals surface area contributed by atoms with E-state index in [1.54, 1.807) is 0 Å². The van der Waals surface area contributed by atoms with E-state index in [1.807, 2.05) is 47.7 Å². The third kappa shape index (κ3) is 5.40. The van der Waals surface area contributed by atoms with Crippen molar-refractivity contribution in [1.29, 1.82) is 0 Å². The van der Waals surface area contributed by atoms with Crippen LogP contribution in [0.2, 0.25) is 0 Å². The van der Waals surface area contributed by atoms with Gasteiger partial charge in [-0.3, -0.25) is 0 Å². The van der Waals surface area contributed by atoms with E-state index in [4.69, 9.17) is 15.0 Å². The van der Waals surface area contributed by atoms with Crippen LogP contribution in [0.15, 0.2) is 194 Å². The van der Waals surface area contributed by atoms with E-state index in [0.717, 1.165) is 39.0 Å². The molecule has 0 unspecified atom stereocenters. The lowest BCUT2D eigenvalue weighted by atomic mass is 9.95. The Kier molecular flexibility index (Phi) is 7.64. The summed E-state index contributed by atoms with van der Waals surface area (Å²) in [7, 11) is 0. The number of hydrogen-bond donors (Lipinski definition) is 0. The maximum atomic E-state index is 5.20. The van der Waals surface area contributed by atoms with Gasteiger partial charge in [0.1, 0.15) is 0 Å². The topological polar surface area (TPSA) is 43.6 Å². The molecule has 262 valence electrons. The van der Waals surface area contributed by atoms with Crippen LogP contribution in [0.3, 0.4) is 0 Å². The zero-order valence-electron chi connectivity index (χ0n) is 30.2. The second kappa shape index (κ2) is 13.3. The first-order valence-electron chi connectivity index (χ1n) is 18.8. The summed E-state index contributed by atoms with van der Waals surface area (Å²) in [6.07, 6.45) is 0. The van der Waals surface area contributed by atoms with E-state index in [1.165, 1.54) is 47.6 Å². The van der Waals surface area contributed by atoms with Gasteiger partial charge in [-0.2, -0.15) is 0 Å². The highest BCUT2D eigenvalue weighted by molar-refractivity contribution is 7.26. The summed E-state index contributed by atoms with van der Waals surface area (Å²) >= 11 is 1.86. The van der Waals surface area contributed by atoms with Crippen molar-refractivity contribution in [3.05, 3.63) is 194 Å². The molecule has 3 heterocycles. The monoisotopic (exact) mass is 732 g/mol. The fourth-order valence-corrected chi connectivity index (χ4v) is 9.32. The molecule has 11 aromatic rings. The van der Waals surface area contributed by atoms with Crippen LogP contribution in [0.4, 0.5) is 0 Å². The Labute approximate surface area is 327 Å². The molecular formula is C51H32N4S. The van der Waals surface area contributed by atoms with E-state index in [0.29, 0.717) is 17.5 Å². The van der Waals surface area contributed by atoms with E-state index in [2.05, 4.69) is 162 Å². The molecule has 8 aromatic carbocycles. The predicted octanol–water partition coefficient (Wildman–Crippen LogP) is 13.7. The van der Waals surface area contributed by atoms with Crippen molar-refractivity contribution in [2.24, 2.45) is 0 Å². The summed E-state index contributed by atoms with van der Waals surface area (Å²) in [4.78, 5) is 15.4. The first kappa shape index (κ1) is 32.2. The average Bonchev–Trinajstić information content (AvgIpc) is 3.83. The van der Waals surface area contributed by atoms with E-state index < -0.39 is 0 Å². The lowest BCUT2D eigenvalue weighted by molar-refractivity contribution is 1.07. The van der Waals surface area contributed by atoms with Crippen LogP contribution in [0.1, 0.15) is 0 Å². The molecule has 0 saturated carbocycles. The third-order valence-corrected chi connectivity index (χ3v) is 11.8. The minimum absolute atomic E-state index is 0.627. The highest BCUT2D eigenvalue weighted by Crippen LogP contribution is 2.46. The van der Waals surface area contributed by atoms with Crippen molar-refractivity contribution < 1.29 is 0 Å². The fourth-order valence-electron chi connectivity index (χ4n) is 8.05. The second-order valence-electron chi connectivity index (χ2n) is 14.0. The van der Waals surface area contributed by atoms with Gasteiger partial charge in [0.25, 0.3) is 0 Å². The summed E-state index contributed by atoms with van der Waals surface area (Å²) in [6.45, 7) is 0. The number of nitrogens with zero attached hydrogens (tertiary/aromatic N) is 4. The fraction of sp³-hybridized carbons (Fsp3) is 0. The Bertz CT molecular complexity index is 3170. The Morgan fingerprint density at radius 2 is 0.929 bits per heavy atom. The maximum absolute atomic E-state index is 5.20. The number of para-hydroxylation sites is 2. The molecule has 0 bridgehead atoms. The van der Waals surface area contributed by atoms with Crippen molar-refractivity contribution in [2.75, 3.05) is 0 Å². The van der Waals surface area contributed by atoms with E-state index >= 15 is 0 Å². The van der Waals surface area contributed by atoms with Gasteiger partial charge in [0, 0.05) is 58.9 Å². The number of thiophene rings is 1. The number of rotatable bonds is 6. The molecule has 0 N–H and O–H groups in total. The van der Waals surface area contributed by atoms with E-state index in [-0.39, 0.29) is 0 Å².